The first-order valence-electron chi connectivity index (χ1n) is 5.90. The molecule has 5 nitrogen and oxygen atoms in total. The second kappa shape index (κ2) is 7.35. The minimum atomic E-state index is 0.400. The Labute approximate surface area is 97.2 Å². The second-order valence-corrected chi connectivity index (χ2v) is 3.81. The van der Waals surface area contributed by atoms with E-state index in [1.54, 1.807) is 13.4 Å². The summed E-state index contributed by atoms with van der Waals surface area (Å²) >= 11 is 0. The predicted molar refractivity (Wildman–Crippen MR) is 63.1 cm³/mol. The van der Waals surface area contributed by atoms with E-state index in [1.165, 1.54) is 0 Å². The summed E-state index contributed by atoms with van der Waals surface area (Å²) in [5, 5.41) is 7.59. The van der Waals surface area contributed by atoms with Crippen molar-refractivity contribution in [3.05, 3.63) is 12.2 Å². The topological polar surface area (TPSA) is 52.0 Å². The van der Waals surface area contributed by atoms with Crippen molar-refractivity contribution in [3.63, 3.8) is 0 Å². The standard InChI is InChI=1S/C11H22N4O/c1-4-6-10(8-16-3)12-7-11-13-9-14-15(11)5-2/h9-10,12H,4-8H2,1-3H3. The molecule has 0 aliphatic rings. The number of aromatic nitrogens is 3. The summed E-state index contributed by atoms with van der Waals surface area (Å²) in [6.07, 6.45) is 3.88. The summed E-state index contributed by atoms with van der Waals surface area (Å²) in [7, 11) is 1.74. The van der Waals surface area contributed by atoms with E-state index in [9.17, 15) is 0 Å². The number of nitrogens with zero attached hydrogens (tertiary/aromatic N) is 3. The van der Waals surface area contributed by atoms with Gasteiger partial charge in [-0.05, 0) is 13.3 Å². The molecule has 0 aliphatic carbocycles. The molecule has 1 N–H and O–H groups in total. The lowest BCUT2D eigenvalue weighted by Gasteiger charge is -2.16. The Morgan fingerprint density at radius 2 is 2.31 bits per heavy atom. The summed E-state index contributed by atoms with van der Waals surface area (Å²) in [6.45, 7) is 6.60. The molecule has 0 fully saturated rings. The number of methoxy groups -OCH3 is 1. The minimum absolute atomic E-state index is 0.400. The van der Waals surface area contributed by atoms with E-state index >= 15 is 0 Å². The summed E-state index contributed by atoms with van der Waals surface area (Å²) in [4.78, 5) is 4.23. The van der Waals surface area contributed by atoms with Gasteiger partial charge >= 0.3 is 0 Å². The van der Waals surface area contributed by atoms with E-state index in [0.717, 1.165) is 38.4 Å². The minimum Gasteiger partial charge on any atom is -0.383 e. The molecule has 1 atom stereocenters. The summed E-state index contributed by atoms with van der Waals surface area (Å²) in [6, 6.07) is 0.400. The largest absolute Gasteiger partial charge is 0.383 e. The second-order valence-electron chi connectivity index (χ2n) is 3.81. The molecule has 0 bridgehead atoms. The van der Waals surface area contributed by atoms with Gasteiger partial charge in [-0.3, -0.25) is 0 Å². The number of ether oxygens (including phenoxy) is 1. The van der Waals surface area contributed by atoms with Gasteiger partial charge in [0.15, 0.2) is 0 Å². The van der Waals surface area contributed by atoms with Crippen LogP contribution in [0.2, 0.25) is 0 Å². The van der Waals surface area contributed by atoms with Gasteiger partial charge in [0.2, 0.25) is 0 Å². The van der Waals surface area contributed by atoms with Crippen LogP contribution in [0.1, 0.15) is 32.5 Å². The van der Waals surface area contributed by atoms with Gasteiger partial charge in [0.05, 0.1) is 13.2 Å². The number of aryl methyl sites for hydroxylation is 1. The van der Waals surface area contributed by atoms with Crippen LogP contribution in [0.4, 0.5) is 0 Å². The highest BCUT2D eigenvalue weighted by molar-refractivity contribution is 4.84. The first-order valence-corrected chi connectivity index (χ1v) is 5.90. The zero-order chi connectivity index (χ0) is 11.8. The van der Waals surface area contributed by atoms with Crippen LogP contribution in [-0.4, -0.2) is 34.5 Å². The van der Waals surface area contributed by atoms with Crippen LogP contribution in [0, 0.1) is 0 Å². The van der Waals surface area contributed by atoms with Gasteiger partial charge in [0, 0.05) is 19.7 Å². The molecular weight excluding hydrogens is 204 g/mol. The molecule has 0 radical (unpaired) electrons. The predicted octanol–water partition coefficient (Wildman–Crippen LogP) is 1.20. The molecule has 0 aromatic carbocycles. The van der Waals surface area contributed by atoms with E-state index in [4.69, 9.17) is 4.74 Å². The average molecular weight is 226 g/mol. The van der Waals surface area contributed by atoms with Crippen LogP contribution >= 0.6 is 0 Å². The van der Waals surface area contributed by atoms with E-state index in [1.807, 2.05) is 4.68 Å². The fourth-order valence-electron chi connectivity index (χ4n) is 1.72. The van der Waals surface area contributed by atoms with Crippen molar-refractivity contribution >= 4 is 0 Å². The fraction of sp³-hybridized carbons (Fsp3) is 0.818. The van der Waals surface area contributed by atoms with Crippen molar-refractivity contribution in [2.45, 2.75) is 45.8 Å². The molecule has 1 unspecified atom stereocenters. The molecule has 0 saturated heterocycles. The third kappa shape index (κ3) is 3.90. The first-order chi connectivity index (χ1) is 7.81. The quantitative estimate of drug-likeness (QED) is 0.723. The number of hydrogen-bond donors (Lipinski definition) is 1. The van der Waals surface area contributed by atoms with Crippen molar-refractivity contribution in [2.24, 2.45) is 0 Å². The molecule has 1 rings (SSSR count). The van der Waals surface area contributed by atoms with Crippen LogP contribution in [-0.2, 0) is 17.8 Å². The summed E-state index contributed by atoms with van der Waals surface area (Å²) in [5.41, 5.74) is 0. The highest BCUT2D eigenvalue weighted by atomic mass is 16.5. The highest BCUT2D eigenvalue weighted by Gasteiger charge is 2.08. The lowest BCUT2D eigenvalue weighted by molar-refractivity contribution is 0.160. The molecule has 1 heterocycles. The number of nitrogens with one attached hydrogen (secondary N) is 1. The van der Waals surface area contributed by atoms with Gasteiger partial charge in [0.1, 0.15) is 12.2 Å². The third-order valence-electron chi connectivity index (χ3n) is 2.55. The SMILES string of the molecule is CCCC(COC)NCc1ncnn1CC. The third-order valence-corrected chi connectivity index (χ3v) is 2.55. The Morgan fingerprint density at radius 3 is 2.94 bits per heavy atom. The van der Waals surface area contributed by atoms with Crippen LogP contribution < -0.4 is 5.32 Å². The maximum atomic E-state index is 5.18. The van der Waals surface area contributed by atoms with Gasteiger partial charge in [-0.25, -0.2) is 9.67 Å². The first kappa shape index (κ1) is 13.1. The molecular formula is C11H22N4O. The molecule has 1 aromatic heterocycles. The Hall–Kier alpha value is -0.940. The van der Waals surface area contributed by atoms with Gasteiger partial charge in [-0.1, -0.05) is 13.3 Å². The molecule has 0 amide bonds. The lowest BCUT2D eigenvalue weighted by atomic mass is 10.2. The maximum Gasteiger partial charge on any atom is 0.140 e. The zero-order valence-electron chi connectivity index (χ0n) is 10.4. The van der Waals surface area contributed by atoms with Gasteiger partial charge < -0.3 is 10.1 Å². The van der Waals surface area contributed by atoms with Crippen LogP contribution in [0.25, 0.3) is 0 Å². The highest BCUT2D eigenvalue weighted by Crippen LogP contribution is 2.00. The van der Waals surface area contributed by atoms with Crippen molar-refractivity contribution in [1.82, 2.24) is 20.1 Å². The summed E-state index contributed by atoms with van der Waals surface area (Å²) < 4.78 is 7.08. The fourth-order valence-corrected chi connectivity index (χ4v) is 1.72. The molecule has 0 saturated carbocycles. The van der Waals surface area contributed by atoms with Crippen molar-refractivity contribution in [3.8, 4) is 0 Å². The van der Waals surface area contributed by atoms with E-state index in [2.05, 4.69) is 29.2 Å². The molecule has 16 heavy (non-hydrogen) atoms. The maximum absolute atomic E-state index is 5.18. The van der Waals surface area contributed by atoms with E-state index < -0.39 is 0 Å². The molecule has 5 heteroatoms. The normalized spacial score (nSPS) is 12.9. The number of hydrogen-bond acceptors (Lipinski definition) is 4. The summed E-state index contributed by atoms with van der Waals surface area (Å²) in [5.74, 6) is 0.986. The molecule has 0 aliphatic heterocycles. The number of rotatable bonds is 8. The Bertz CT molecular complexity index is 281. The van der Waals surface area contributed by atoms with Crippen molar-refractivity contribution < 1.29 is 4.74 Å². The Morgan fingerprint density at radius 1 is 1.50 bits per heavy atom. The molecule has 1 aromatic rings. The molecule has 92 valence electrons. The Kier molecular flexibility index (Phi) is 6.03. The van der Waals surface area contributed by atoms with Crippen LogP contribution in [0.15, 0.2) is 6.33 Å². The monoisotopic (exact) mass is 226 g/mol. The van der Waals surface area contributed by atoms with Gasteiger partial charge in [0.25, 0.3) is 0 Å². The van der Waals surface area contributed by atoms with Gasteiger partial charge in [-0.15, -0.1) is 0 Å². The van der Waals surface area contributed by atoms with Crippen LogP contribution in [0.5, 0.6) is 0 Å². The van der Waals surface area contributed by atoms with E-state index in [-0.39, 0.29) is 0 Å². The van der Waals surface area contributed by atoms with Gasteiger partial charge in [-0.2, -0.15) is 5.10 Å². The zero-order valence-corrected chi connectivity index (χ0v) is 10.4. The molecule has 0 spiro atoms. The van der Waals surface area contributed by atoms with Crippen molar-refractivity contribution in [1.29, 1.82) is 0 Å². The smallest absolute Gasteiger partial charge is 0.140 e. The van der Waals surface area contributed by atoms with Crippen LogP contribution in [0.3, 0.4) is 0 Å². The Balaban J connectivity index is 2.41. The average Bonchev–Trinajstić information content (AvgIpc) is 2.74. The lowest BCUT2D eigenvalue weighted by Crippen LogP contribution is -2.33. The van der Waals surface area contributed by atoms with E-state index in [0.29, 0.717) is 6.04 Å². The van der Waals surface area contributed by atoms with Crippen molar-refractivity contribution in [2.75, 3.05) is 13.7 Å².